The lowest BCUT2D eigenvalue weighted by atomic mass is 10.1. The summed E-state index contributed by atoms with van der Waals surface area (Å²) >= 11 is 0. The van der Waals surface area contributed by atoms with Crippen molar-refractivity contribution in [3.05, 3.63) is 78.1 Å². The largest absolute Gasteiger partial charge is 0.497 e. The Bertz CT molecular complexity index is 1360. The van der Waals surface area contributed by atoms with Crippen LogP contribution in [0.2, 0.25) is 0 Å². The standard InChI is InChI=1S/C25H20N2O6/c1-30-17-6-4-5-15(13-17)24(28)27-22-18-7-2-3-8-19(18)33-23(22)25(29)26-16-9-10-20-21(14-16)32-12-11-31-20/h2-10,13-14H,11-12H2,1H3,(H,26,29)(H,27,28). The number of methoxy groups -OCH3 is 1. The van der Waals surface area contributed by atoms with Crippen LogP contribution in [0.15, 0.2) is 71.1 Å². The lowest BCUT2D eigenvalue weighted by Crippen LogP contribution is -2.18. The van der Waals surface area contributed by atoms with Crippen molar-refractivity contribution >= 4 is 34.2 Å². The first-order valence-corrected chi connectivity index (χ1v) is 10.3. The molecule has 0 atom stereocenters. The Labute approximate surface area is 189 Å². The lowest BCUT2D eigenvalue weighted by molar-refractivity contribution is 0.0999. The molecular weight excluding hydrogens is 424 g/mol. The van der Waals surface area contributed by atoms with E-state index in [1.54, 1.807) is 60.7 Å². The van der Waals surface area contributed by atoms with E-state index in [2.05, 4.69) is 10.6 Å². The zero-order valence-electron chi connectivity index (χ0n) is 17.7. The second kappa shape index (κ2) is 8.58. The van der Waals surface area contributed by atoms with Gasteiger partial charge in [-0.05, 0) is 42.5 Å². The number of fused-ring (bicyclic) bond motifs is 2. The molecule has 1 aliphatic rings. The third-order valence-electron chi connectivity index (χ3n) is 5.17. The van der Waals surface area contributed by atoms with Crippen molar-refractivity contribution in [2.24, 2.45) is 0 Å². The average molecular weight is 444 g/mol. The predicted octanol–water partition coefficient (Wildman–Crippen LogP) is 4.72. The number of furan rings is 1. The van der Waals surface area contributed by atoms with Gasteiger partial charge in [-0.1, -0.05) is 18.2 Å². The van der Waals surface area contributed by atoms with E-state index in [1.165, 1.54) is 7.11 Å². The fourth-order valence-electron chi connectivity index (χ4n) is 3.59. The molecule has 33 heavy (non-hydrogen) atoms. The maximum Gasteiger partial charge on any atom is 0.293 e. The summed E-state index contributed by atoms with van der Waals surface area (Å²) in [4.78, 5) is 26.1. The number of hydrogen-bond donors (Lipinski definition) is 2. The fraction of sp³-hybridized carbons (Fsp3) is 0.120. The van der Waals surface area contributed by atoms with Gasteiger partial charge in [-0.15, -0.1) is 0 Å². The van der Waals surface area contributed by atoms with Crippen molar-refractivity contribution < 1.29 is 28.2 Å². The Morgan fingerprint density at radius 2 is 1.67 bits per heavy atom. The Morgan fingerprint density at radius 1 is 0.848 bits per heavy atom. The number of carbonyl (C=O) groups excluding carboxylic acids is 2. The van der Waals surface area contributed by atoms with Crippen LogP contribution in [0.4, 0.5) is 11.4 Å². The molecule has 0 radical (unpaired) electrons. The van der Waals surface area contributed by atoms with Crippen LogP contribution in [0.5, 0.6) is 17.2 Å². The van der Waals surface area contributed by atoms with Crippen molar-refractivity contribution in [2.45, 2.75) is 0 Å². The van der Waals surface area contributed by atoms with E-state index < -0.39 is 11.8 Å². The van der Waals surface area contributed by atoms with Gasteiger partial charge < -0.3 is 29.3 Å². The normalized spacial score (nSPS) is 12.3. The Kier molecular flexibility index (Phi) is 5.32. The van der Waals surface area contributed by atoms with Gasteiger partial charge in [0.2, 0.25) is 5.76 Å². The molecule has 2 heterocycles. The van der Waals surface area contributed by atoms with E-state index >= 15 is 0 Å². The smallest absolute Gasteiger partial charge is 0.293 e. The number of carbonyl (C=O) groups is 2. The number of amides is 2. The number of anilines is 2. The number of rotatable bonds is 5. The maximum atomic E-state index is 13.1. The lowest BCUT2D eigenvalue weighted by Gasteiger charge is -2.18. The molecule has 3 aromatic carbocycles. The summed E-state index contributed by atoms with van der Waals surface area (Å²) in [6.45, 7) is 0.919. The maximum absolute atomic E-state index is 13.1. The van der Waals surface area contributed by atoms with Gasteiger partial charge in [0, 0.05) is 22.7 Å². The minimum atomic E-state index is -0.510. The summed E-state index contributed by atoms with van der Waals surface area (Å²) in [7, 11) is 1.53. The first-order valence-electron chi connectivity index (χ1n) is 10.3. The average Bonchev–Trinajstić information content (AvgIpc) is 3.22. The second-order valence-corrected chi connectivity index (χ2v) is 7.30. The first-order chi connectivity index (χ1) is 16.1. The van der Waals surface area contributed by atoms with E-state index in [9.17, 15) is 9.59 Å². The van der Waals surface area contributed by atoms with Crippen molar-refractivity contribution in [3.63, 3.8) is 0 Å². The van der Waals surface area contributed by atoms with Gasteiger partial charge in [0.1, 0.15) is 30.2 Å². The monoisotopic (exact) mass is 444 g/mol. The fourth-order valence-corrected chi connectivity index (χ4v) is 3.59. The molecule has 0 unspecified atom stereocenters. The molecule has 8 heteroatoms. The summed E-state index contributed by atoms with van der Waals surface area (Å²) in [6, 6.07) is 19.0. The molecule has 4 aromatic rings. The zero-order valence-corrected chi connectivity index (χ0v) is 17.7. The van der Waals surface area contributed by atoms with Gasteiger partial charge in [0.15, 0.2) is 11.5 Å². The van der Waals surface area contributed by atoms with Crippen LogP contribution in [0.1, 0.15) is 20.9 Å². The predicted molar refractivity (Wildman–Crippen MR) is 123 cm³/mol. The highest BCUT2D eigenvalue weighted by Crippen LogP contribution is 2.35. The van der Waals surface area contributed by atoms with Gasteiger partial charge >= 0.3 is 0 Å². The summed E-state index contributed by atoms with van der Waals surface area (Å²) < 4.78 is 22.1. The van der Waals surface area contributed by atoms with Crippen LogP contribution in [-0.2, 0) is 0 Å². The minimum Gasteiger partial charge on any atom is -0.497 e. The van der Waals surface area contributed by atoms with Crippen molar-refractivity contribution in [3.8, 4) is 17.2 Å². The van der Waals surface area contributed by atoms with E-state index in [-0.39, 0.29) is 11.4 Å². The third-order valence-corrected chi connectivity index (χ3v) is 5.17. The third kappa shape index (κ3) is 4.06. The number of nitrogens with one attached hydrogen (secondary N) is 2. The van der Waals surface area contributed by atoms with E-state index in [0.717, 1.165) is 0 Å². The van der Waals surface area contributed by atoms with Crippen molar-refractivity contribution in [1.82, 2.24) is 0 Å². The van der Waals surface area contributed by atoms with Crippen LogP contribution in [-0.4, -0.2) is 32.1 Å². The summed E-state index contributed by atoms with van der Waals surface area (Å²) in [5, 5.41) is 6.24. The van der Waals surface area contributed by atoms with Gasteiger partial charge in [-0.2, -0.15) is 0 Å². The molecule has 5 rings (SSSR count). The molecule has 2 amide bonds. The van der Waals surface area contributed by atoms with Gasteiger partial charge in [0.05, 0.1) is 7.11 Å². The number of hydrogen-bond acceptors (Lipinski definition) is 6. The van der Waals surface area contributed by atoms with Crippen LogP contribution < -0.4 is 24.8 Å². The van der Waals surface area contributed by atoms with Gasteiger partial charge in [-0.25, -0.2) is 0 Å². The highest BCUT2D eigenvalue weighted by molar-refractivity contribution is 6.17. The van der Waals surface area contributed by atoms with Crippen LogP contribution in [0.25, 0.3) is 11.0 Å². The molecule has 1 aliphatic heterocycles. The number of ether oxygens (including phenoxy) is 3. The van der Waals surface area contributed by atoms with Crippen molar-refractivity contribution in [2.75, 3.05) is 31.0 Å². The van der Waals surface area contributed by atoms with Crippen LogP contribution >= 0.6 is 0 Å². The topological polar surface area (TPSA) is 99.0 Å². The molecule has 0 saturated heterocycles. The molecule has 2 N–H and O–H groups in total. The van der Waals surface area contributed by atoms with Crippen LogP contribution in [0.3, 0.4) is 0 Å². The highest BCUT2D eigenvalue weighted by atomic mass is 16.6. The number of para-hydroxylation sites is 1. The molecule has 8 nitrogen and oxygen atoms in total. The van der Waals surface area contributed by atoms with Crippen molar-refractivity contribution in [1.29, 1.82) is 0 Å². The Morgan fingerprint density at radius 3 is 2.52 bits per heavy atom. The summed E-state index contributed by atoms with van der Waals surface area (Å²) in [5.41, 5.74) is 1.66. The summed E-state index contributed by atoms with van der Waals surface area (Å²) in [6.07, 6.45) is 0. The molecule has 0 saturated carbocycles. The van der Waals surface area contributed by atoms with E-state index in [4.69, 9.17) is 18.6 Å². The SMILES string of the molecule is COc1cccc(C(=O)Nc2c(C(=O)Nc3ccc4c(c3)OCCO4)oc3ccccc23)c1. The molecule has 0 spiro atoms. The molecule has 1 aromatic heterocycles. The van der Waals surface area contributed by atoms with E-state index in [0.29, 0.717) is 52.7 Å². The first kappa shape index (κ1) is 20.4. The summed E-state index contributed by atoms with van der Waals surface area (Å²) in [5.74, 6) is 0.806. The van der Waals surface area contributed by atoms with Crippen LogP contribution in [0, 0.1) is 0 Å². The minimum absolute atomic E-state index is 0.0117. The molecule has 0 aliphatic carbocycles. The quantitative estimate of drug-likeness (QED) is 0.462. The number of benzene rings is 3. The molecular formula is C25H20N2O6. The molecule has 0 bridgehead atoms. The Balaban J connectivity index is 1.46. The van der Waals surface area contributed by atoms with E-state index in [1.807, 2.05) is 6.07 Å². The zero-order chi connectivity index (χ0) is 22.8. The van der Waals surface area contributed by atoms with Gasteiger partial charge in [0.25, 0.3) is 11.8 Å². The second-order valence-electron chi connectivity index (χ2n) is 7.30. The molecule has 166 valence electrons. The highest BCUT2D eigenvalue weighted by Gasteiger charge is 2.23. The van der Waals surface area contributed by atoms with Gasteiger partial charge in [-0.3, -0.25) is 9.59 Å². The molecule has 0 fully saturated rings. The Hall–Kier alpha value is -4.46.